The van der Waals surface area contributed by atoms with E-state index in [9.17, 15) is 13.2 Å². The fourth-order valence-electron chi connectivity index (χ4n) is 1.89. The molecule has 1 rings (SSSR count). The molecule has 6 heteroatoms. The highest BCUT2D eigenvalue weighted by Gasteiger charge is 2.28. The van der Waals surface area contributed by atoms with Crippen LogP contribution in [0.3, 0.4) is 0 Å². The SMILES string of the molecule is CC(C(=O)O)C(C)N1CCCS(=O)(=O)CC1. The first-order chi connectivity index (χ1) is 7.33. The molecule has 0 aromatic rings. The largest absolute Gasteiger partial charge is 0.481 e. The van der Waals surface area contributed by atoms with E-state index in [1.165, 1.54) is 0 Å². The highest BCUT2D eigenvalue weighted by atomic mass is 32.2. The van der Waals surface area contributed by atoms with Crippen molar-refractivity contribution >= 4 is 15.8 Å². The van der Waals surface area contributed by atoms with Crippen LogP contribution in [0.5, 0.6) is 0 Å². The lowest BCUT2D eigenvalue weighted by Gasteiger charge is -2.29. The number of carbonyl (C=O) groups is 1. The summed E-state index contributed by atoms with van der Waals surface area (Å²) < 4.78 is 22.8. The lowest BCUT2D eigenvalue weighted by molar-refractivity contribution is -0.143. The van der Waals surface area contributed by atoms with Crippen LogP contribution in [0.25, 0.3) is 0 Å². The van der Waals surface area contributed by atoms with Gasteiger partial charge in [0.15, 0.2) is 9.84 Å². The van der Waals surface area contributed by atoms with E-state index in [2.05, 4.69) is 0 Å². The Morgan fingerprint density at radius 2 is 1.88 bits per heavy atom. The summed E-state index contributed by atoms with van der Waals surface area (Å²) in [5, 5.41) is 8.91. The number of carboxylic acid groups (broad SMARTS) is 1. The molecule has 0 aromatic carbocycles. The molecular weight excluding hydrogens is 230 g/mol. The predicted octanol–water partition coefficient (Wildman–Crippen LogP) is 0.216. The Labute approximate surface area is 96.4 Å². The molecule has 0 bridgehead atoms. The number of aliphatic carboxylic acids is 1. The van der Waals surface area contributed by atoms with Crippen LogP contribution in [0.15, 0.2) is 0 Å². The van der Waals surface area contributed by atoms with E-state index in [0.29, 0.717) is 19.5 Å². The predicted molar refractivity (Wildman–Crippen MR) is 61.1 cm³/mol. The van der Waals surface area contributed by atoms with Gasteiger partial charge in [-0.3, -0.25) is 9.69 Å². The third-order valence-electron chi connectivity index (χ3n) is 3.28. The molecule has 1 N–H and O–H groups in total. The number of hydrogen-bond donors (Lipinski definition) is 1. The Morgan fingerprint density at radius 3 is 2.44 bits per heavy atom. The average molecular weight is 249 g/mol. The van der Waals surface area contributed by atoms with E-state index >= 15 is 0 Å². The number of nitrogens with zero attached hydrogens (tertiary/aromatic N) is 1. The maximum Gasteiger partial charge on any atom is 0.307 e. The van der Waals surface area contributed by atoms with Crippen molar-refractivity contribution in [2.24, 2.45) is 5.92 Å². The smallest absolute Gasteiger partial charge is 0.307 e. The number of carboxylic acids is 1. The highest BCUT2D eigenvalue weighted by molar-refractivity contribution is 7.91. The van der Waals surface area contributed by atoms with E-state index in [-0.39, 0.29) is 17.5 Å². The van der Waals surface area contributed by atoms with Gasteiger partial charge in [-0.15, -0.1) is 0 Å². The summed E-state index contributed by atoms with van der Waals surface area (Å²) >= 11 is 0. The lowest BCUT2D eigenvalue weighted by atomic mass is 10.0. The molecule has 0 aliphatic carbocycles. The van der Waals surface area contributed by atoms with Crippen molar-refractivity contribution in [1.82, 2.24) is 4.90 Å². The molecule has 0 saturated carbocycles. The van der Waals surface area contributed by atoms with Crippen LogP contribution >= 0.6 is 0 Å². The van der Waals surface area contributed by atoms with Crippen LogP contribution in [0, 0.1) is 5.92 Å². The topological polar surface area (TPSA) is 74.7 Å². The summed E-state index contributed by atoms with van der Waals surface area (Å²) in [7, 11) is -2.92. The van der Waals surface area contributed by atoms with Crippen LogP contribution < -0.4 is 0 Å². The van der Waals surface area contributed by atoms with Gasteiger partial charge >= 0.3 is 5.97 Å². The Morgan fingerprint density at radius 1 is 1.25 bits per heavy atom. The van der Waals surface area contributed by atoms with Crippen LogP contribution in [-0.2, 0) is 14.6 Å². The molecule has 0 radical (unpaired) electrons. The zero-order valence-corrected chi connectivity index (χ0v) is 10.5. The lowest BCUT2D eigenvalue weighted by Crippen LogP contribution is -2.42. The molecule has 0 amide bonds. The molecule has 1 heterocycles. The minimum Gasteiger partial charge on any atom is -0.481 e. The fourth-order valence-corrected chi connectivity index (χ4v) is 3.17. The minimum atomic E-state index is -2.92. The summed E-state index contributed by atoms with van der Waals surface area (Å²) in [6.07, 6.45) is 0.596. The molecule has 1 fully saturated rings. The molecular formula is C10H19NO4S. The van der Waals surface area contributed by atoms with Crippen molar-refractivity contribution in [2.75, 3.05) is 24.6 Å². The maximum atomic E-state index is 11.4. The molecule has 1 aliphatic rings. The average Bonchev–Trinajstić information content (AvgIpc) is 2.37. The summed E-state index contributed by atoms with van der Waals surface area (Å²) in [6, 6.07) is -0.120. The second-order valence-corrected chi connectivity index (χ2v) is 6.71. The zero-order chi connectivity index (χ0) is 12.3. The summed E-state index contributed by atoms with van der Waals surface area (Å²) in [4.78, 5) is 12.8. The van der Waals surface area contributed by atoms with E-state index in [1.807, 2.05) is 11.8 Å². The third-order valence-corrected chi connectivity index (χ3v) is 4.99. The molecule has 1 aliphatic heterocycles. The summed E-state index contributed by atoms with van der Waals surface area (Å²) in [5.41, 5.74) is 0. The van der Waals surface area contributed by atoms with Crippen LogP contribution in [0.4, 0.5) is 0 Å². The first kappa shape index (κ1) is 13.4. The van der Waals surface area contributed by atoms with E-state index in [0.717, 1.165) is 0 Å². The number of sulfone groups is 1. The standard InChI is InChI=1S/C10H19NO4S/c1-8(10(12)13)9(2)11-4-3-6-16(14,15)7-5-11/h8-9H,3-7H2,1-2H3,(H,12,13). The number of rotatable bonds is 3. The molecule has 0 spiro atoms. The Bertz CT molecular complexity index is 352. The fraction of sp³-hybridized carbons (Fsp3) is 0.900. The van der Waals surface area contributed by atoms with Gasteiger partial charge in [-0.2, -0.15) is 0 Å². The first-order valence-electron chi connectivity index (χ1n) is 5.51. The molecule has 2 atom stereocenters. The van der Waals surface area contributed by atoms with Crippen molar-refractivity contribution in [1.29, 1.82) is 0 Å². The second kappa shape index (κ2) is 5.14. The Balaban J connectivity index is 2.64. The van der Waals surface area contributed by atoms with Crippen LogP contribution in [0.2, 0.25) is 0 Å². The maximum absolute atomic E-state index is 11.4. The normalized spacial score (nSPS) is 25.6. The van der Waals surface area contributed by atoms with Gasteiger partial charge in [0.1, 0.15) is 0 Å². The minimum absolute atomic E-state index is 0.120. The summed E-state index contributed by atoms with van der Waals surface area (Å²) in [5.74, 6) is -0.943. The van der Waals surface area contributed by atoms with Gasteiger partial charge in [-0.25, -0.2) is 8.42 Å². The summed E-state index contributed by atoms with van der Waals surface area (Å²) in [6.45, 7) is 4.61. The van der Waals surface area contributed by atoms with E-state index in [4.69, 9.17) is 5.11 Å². The van der Waals surface area contributed by atoms with Gasteiger partial charge in [0, 0.05) is 12.6 Å². The first-order valence-corrected chi connectivity index (χ1v) is 7.33. The Kier molecular flexibility index (Phi) is 4.32. The molecule has 2 unspecified atom stereocenters. The van der Waals surface area contributed by atoms with Crippen molar-refractivity contribution in [3.05, 3.63) is 0 Å². The van der Waals surface area contributed by atoms with Gasteiger partial charge in [0.2, 0.25) is 0 Å². The second-order valence-electron chi connectivity index (χ2n) is 4.41. The van der Waals surface area contributed by atoms with Crippen molar-refractivity contribution in [3.63, 3.8) is 0 Å². The quantitative estimate of drug-likeness (QED) is 0.774. The van der Waals surface area contributed by atoms with Crippen molar-refractivity contribution in [3.8, 4) is 0 Å². The van der Waals surface area contributed by atoms with E-state index < -0.39 is 21.7 Å². The van der Waals surface area contributed by atoms with Crippen molar-refractivity contribution < 1.29 is 18.3 Å². The highest BCUT2D eigenvalue weighted by Crippen LogP contribution is 2.14. The van der Waals surface area contributed by atoms with Gasteiger partial charge in [0.25, 0.3) is 0 Å². The van der Waals surface area contributed by atoms with E-state index in [1.54, 1.807) is 6.92 Å². The third kappa shape index (κ3) is 3.45. The molecule has 94 valence electrons. The van der Waals surface area contributed by atoms with Gasteiger partial charge < -0.3 is 5.11 Å². The Hall–Kier alpha value is -0.620. The van der Waals surface area contributed by atoms with Crippen LogP contribution in [0.1, 0.15) is 20.3 Å². The molecule has 0 aromatic heterocycles. The van der Waals surface area contributed by atoms with Crippen molar-refractivity contribution in [2.45, 2.75) is 26.3 Å². The van der Waals surface area contributed by atoms with Gasteiger partial charge in [-0.1, -0.05) is 6.92 Å². The number of hydrogen-bond acceptors (Lipinski definition) is 4. The molecule has 5 nitrogen and oxygen atoms in total. The van der Waals surface area contributed by atoms with Crippen LogP contribution in [-0.4, -0.2) is 55.0 Å². The molecule has 1 saturated heterocycles. The monoisotopic (exact) mass is 249 g/mol. The molecule has 16 heavy (non-hydrogen) atoms. The van der Waals surface area contributed by atoms with Gasteiger partial charge in [0.05, 0.1) is 17.4 Å². The van der Waals surface area contributed by atoms with Gasteiger partial charge in [-0.05, 0) is 19.9 Å². The zero-order valence-electron chi connectivity index (χ0n) is 9.72.